The first-order chi connectivity index (χ1) is 11.9. The summed E-state index contributed by atoms with van der Waals surface area (Å²) in [4.78, 5) is 25.7. The van der Waals surface area contributed by atoms with Crippen molar-refractivity contribution in [2.75, 3.05) is 16.8 Å². The van der Waals surface area contributed by atoms with Gasteiger partial charge in [0.25, 0.3) is 0 Å². The van der Waals surface area contributed by atoms with Crippen LogP contribution in [0.2, 0.25) is 10.0 Å². The highest BCUT2D eigenvalue weighted by Crippen LogP contribution is 2.26. The number of anilines is 2. The van der Waals surface area contributed by atoms with Crippen LogP contribution in [0.3, 0.4) is 0 Å². The van der Waals surface area contributed by atoms with E-state index in [0.717, 1.165) is 17.7 Å². The Morgan fingerprint density at radius 3 is 2.32 bits per heavy atom. The molecule has 0 saturated carbocycles. The van der Waals surface area contributed by atoms with Crippen molar-refractivity contribution in [1.82, 2.24) is 0 Å². The number of benzene rings is 2. The van der Waals surface area contributed by atoms with Crippen LogP contribution in [-0.2, 0) is 16.0 Å². The van der Waals surface area contributed by atoms with Crippen LogP contribution in [0.4, 0.5) is 11.4 Å². The maximum Gasteiger partial charge on any atom is 0.226 e. The molecule has 0 spiro atoms. The number of rotatable bonds is 6. The Morgan fingerprint density at radius 2 is 1.72 bits per heavy atom. The van der Waals surface area contributed by atoms with Gasteiger partial charge in [0.1, 0.15) is 0 Å². The van der Waals surface area contributed by atoms with E-state index in [1.165, 1.54) is 11.8 Å². The summed E-state index contributed by atoms with van der Waals surface area (Å²) >= 11 is 12.0. The van der Waals surface area contributed by atoms with Gasteiger partial charge < -0.3 is 10.2 Å². The molecule has 0 aliphatic carbocycles. The van der Waals surface area contributed by atoms with E-state index in [9.17, 15) is 9.59 Å². The summed E-state index contributed by atoms with van der Waals surface area (Å²) in [6, 6.07) is 12.6. The summed E-state index contributed by atoms with van der Waals surface area (Å²) in [5.41, 5.74) is 2.45. The number of amides is 2. The Kier molecular flexibility index (Phi) is 6.85. The number of nitrogens with one attached hydrogen (secondary N) is 1. The van der Waals surface area contributed by atoms with Gasteiger partial charge in [-0.05, 0) is 36.2 Å². The van der Waals surface area contributed by atoms with E-state index >= 15 is 0 Å². The first-order valence-electron chi connectivity index (χ1n) is 8.02. The van der Waals surface area contributed by atoms with E-state index in [4.69, 9.17) is 23.2 Å². The lowest BCUT2D eigenvalue weighted by Gasteiger charge is -2.21. The van der Waals surface area contributed by atoms with Crippen molar-refractivity contribution < 1.29 is 9.59 Å². The van der Waals surface area contributed by atoms with Crippen molar-refractivity contribution >= 4 is 46.4 Å². The van der Waals surface area contributed by atoms with Crippen molar-refractivity contribution in [3.05, 3.63) is 58.1 Å². The van der Waals surface area contributed by atoms with Gasteiger partial charge in [-0.15, -0.1) is 0 Å². The van der Waals surface area contributed by atoms with Gasteiger partial charge in [0, 0.05) is 41.3 Å². The third-order valence-electron chi connectivity index (χ3n) is 3.77. The van der Waals surface area contributed by atoms with E-state index in [0.29, 0.717) is 15.7 Å². The molecule has 2 aromatic carbocycles. The SMILES string of the molecule is CCc1ccccc1NC(=O)CCN(C(C)=O)c1cc(Cl)cc(Cl)c1. The predicted molar refractivity (Wildman–Crippen MR) is 104 cm³/mol. The van der Waals surface area contributed by atoms with Gasteiger partial charge in [0.2, 0.25) is 11.8 Å². The molecule has 0 fully saturated rings. The van der Waals surface area contributed by atoms with Crippen molar-refractivity contribution in [3.8, 4) is 0 Å². The Labute approximate surface area is 157 Å². The molecule has 2 rings (SSSR count). The van der Waals surface area contributed by atoms with E-state index in [1.807, 2.05) is 31.2 Å². The molecule has 2 amide bonds. The molecule has 25 heavy (non-hydrogen) atoms. The van der Waals surface area contributed by atoms with Crippen LogP contribution in [0.15, 0.2) is 42.5 Å². The number of nitrogens with zero attached hydrogens (tertiary/aromatic N) is 1. The zero-order valence-corrected chi connectivity index (χ0v) is 15.7. The quantitative estimate of drug-likeness (QED) is 0.773. The number of carbonyl (C=O) groups is 2. The first kappa shape index (κ1) is 19.3. The Hall–Kier alpha value is -2.04. The van der Waals surface area contributed by atoms with Gasteiger partial charge in [0.15, 0.2) is 0 Å². The largest absolute Gasteiger partial charge is 0.326 e. The molecule has 132 valence electrons. The molecule has 0 heterocycles. The molecule has 0 radical (unpaired) electrons. The van der Waals surface area contributed by atoms with Crippen LogP contribution in [0.1, 0.15) is 25.8 Å². The maximum absolute atomic E-state index is 12.3. The highest BCUT2D eigenvalue weighted by atomic mass is 35.5. The first-order valence-corrected chi connectivity index (χ1v) is 8.78. The van der Waals surface area contributed by atoms with Crippen LogP contribution in [0.5, 0.6) is 0 Å². The zero-order valence-electron chi connectivity index (χ0n) is 14.2. The lowest BCUT2D eigenvalue weighted by Crippen LogP contribution is -2.32. The second-order valence-electron chi connectivity index (χ2n) is 5.61. The number of hydrogen-bond donors (Lipinski definition) is 1. The lowest BCUT2D eigenvalue weighted by molar-refractivity contribution is -0.117. The molecule has 0 atom stereocenters. The molecular formula is C19H20Cl2N2O2. The summed E-state index contributed by atoms with van der Waals surface area (Å²) < 4.78 is 0. The summed E-state index contributed by atoms with van der Waals surface area (Å²) in [7, 11) is 0. The number of hydrogen-bond acceptors (Lipinski definition) is 2. The molecule has 2 aromatic rings. The van der Waals surface area contributed by atoms with Crippen LogP contribution < -0.4 is 10.2 Å². The van der Waals surface area contributed by atoms with Crippen LogP contribution in [0, 0.1) is 0 Å². The minimum absolute atomic E-state index is 0.153. The second kappa shape index (κ2) is 8.88. The number of carbonyl (C=O) groups excluding carboxylic acids is 2. The van der Waals surface area contributed by atoms with E-state index in [1.54, 1.807) is 18.2 Å². The van der Waals surface area contributed by atoms with E-state index in [-0.39, 0.29) is 24.8 Å². The van der Waals surface area contributed by atoms with Gasteiger partial charge in [-0.2, -0.15) is 0 Å². The van der Waals surface area contributed by atoms with Crippen molar-refractivity contribution in [2.45, 2.75) is 26.7 Å². The van der Waals surface area contributed by atoms with Crippen LogP contribution in [0.25, 0.3) is 0 Å². The minimum Gasteiger partial charge on any atom is -0.326 e. The average molecular weight is 379 g/mol. The number of para-hydroxylation sites is 1. The molecule has 0 saturated heterocycles. The molecule has 1 N–H and O–H groups in total. The van der Waals surface area contributed by atoms with E-state index in [2.05, 4.69) is 5.32 Å². The highest BCUT2D eigenvalue weighted by Gasteiger charge is 2.15. The monoisotopic (exact) mass is 378 g/mol. The third-order valence-corrected chi connectivity index (χ3v) is 4.21. The van der Waals surface area contributed by atoms with E-state index < -0.39 is 0 Å². The average Bonchev–Trinajstić information content (AvgIpc) is 2.54. The smallest absolute Gasteiger partial charge is 0.226 e. The summed E-state index contributed by atoms with van der Waals surface area (Å²) in [6.07, 6.45) is 0.999. The fraction of sp³-hybridized carbons (Fsp3) is 0.263. The molecular weight excluding hydrogens is 359 g/mol. The van der Waals surface area contributed by atoms with Crippen LogP contribution >= 0.6 is 23.2 Å². The lowest BCUT2D eigenvalue weighted by atomic mass is 10.1. The molecule has 4 nitrogen and oxygen atoms in total. The molecule has 0 aliphatic rings. The Morgan fingerprint density at radius 1 is 1.08 bits per heavy atom. The van der Waals surface area contributed by atoms with Gasteiger partial charge >= 0.3 is 0 Å². The topological polar surface area (TPSA) is 49.4 Å². The third kappa shape index (κ3) is 5.48. The van der Waals surface area contributed by atoms with Gasteiger partial charge in [0.05, 0.1) is 0 Å². The number of halogens is 2. The maximum atomic E-state index is 12.3. The van der Waals surface area contributed by atoms with Crippen LogP contribution in [-0.4, -0.2) is 18.4 Å². The summed E-state index contributed by atoms with van der Waals surface area (Å²) in [6.45, 7) is 3.72. The standard InChI is InChI=1S/C19H20Cl2N2O2/c1-3-14-6-4-5-7-18(14)22-19(25)8-9-23(13(2)24)17-11-15(20)10-16(21)12-17/h4-7,10-12H,3,8-9H2,1-2H3,(H,22,25). The minimum atomic E-state index is -0.180. The normalized spacial score (nSPS) is 10.4. The predicted octanol–water partition coefficient (Wildman–Crippen LogP) is 4.94. The Bertz CT molecular complexity index is 758. The van der Waals surface area contributed by atoms with Gasteiger partial charge in [-0.25, -0.2) is 0 Å². The van der Waals surface area contributed by atoms with Crippen molar-refractivity contribution in [1.29, 1.82) is 0 Å². The fourth-order valence-electron chi connectivity index (χ4n) is 2.54. The molecule has 0 bridgehead atoms. The fourth-order valence-corrected chi connectivity index (χ4v) is 3.05. The molecule has 6 heteroatoms. The van der Waals surface area contributed by atoms with Crippen molar-refractivity contribution in [3.63, 3.8) is 0 Å². The molecule has 0 unspecified atom stereocenters. The molecule has 0 aliphatic heterocycles. The number of aryl methyl sites for hydroxylation is 1. The highest BCUT2D eigenvalue weighted by molar-refractivity contribution is 6.35. The van der Waals surface area contributed by atoms with Gasteiger partial charge in [-0.1, -0.05) is 48.3 Å². The molecule has 0 aromatic heterocycles. The van der Waals surface area contributed by atoms with Gasteiger partial charge in [-0.3, -0.25) is 9.59 Å². The van der Waals surface area contributed by atoms with Crippen molar-refractivity contribution in [2.24, 2.45) is 0 Å². The zero-order chi connectivity index (χ0) is 18.4. The summed E-state index contributed by atoms with van der Waals surface area (Å²) in [5, 5.41) is 3.78. The summed E-state index contributed by atoms with van der Waals surface area (Å²) in [5.74, 6) is -0.333. The Balaban J connectivity index is 2.06. The second-order valence-corrected chi connectivity index (χ2v) is 6.48.